The molecule has 0 aliphatic carbocycles. The number of pyridine rings is 1. The Labute approximate surface area is 108 Å². The van der Waals surface area contributed by atoms with E-state index in [9.17, 15) is 5.11 Å². The number of nitrogens with one attached hydrogen (secondary N) is 1. The van der Waals surface area contributed by atoms with E-state index in [1.54, 1.807) is 6.20 Å². The van der Waals surface area contributed by atoms with Gasteiger partial charge in [-0.15, -0.1) is 0 Å². The summed E-state index contributed by atoms with van der Waals surface area (Å²) >= 11 is 0. The molecule has 0 fully saturated rings. The first-order valence-electron chi connectivity index (χ1n) is 6.11. The molecule has 0 aliphatic heterocycles. The molecule has 94 valence electrons. The fraction of sp³-hybridized carbons (Fsp3) is 0.267. The summed E-state index contributed by atoms with van der Waals surface area (Å²) in [5.41, 5.74) is 3.02. The first-order chi connectivity index (χ1) is 8.75. The van der Waals surface area contributed by atoms with Gasteiger partial charge < -0.3 is 10.4 Å². The lowest BCUT2D eigenvalue weighted by atomic mass is 10.1. The number of aliphatic hydroxyl groups excluding tert-OH is 1. The highest BCUT2D eigenvalue weighted by molar-refractivity contribution is 5.17. The average Bonchev–Trinajstić information content (AvgIpc) is 2.40. The largest absolute Gasteiger partial charge is 0.387 e. The molecule has 1 heterocycles. The van der Waals surface area contributed by atoms with Crippen LogP contribution in [0.4, 0.5) is 0 Å². The zero-order chi connectivity index (χ0) is 12.8. The normalized spacial score (nSPS) is 12.3. The topological polar surface area (TPSA) is 45.1 Å². The predicted molar refractivity (Wildman–Crippen MR) is 72.1 cm³/mol. The van der Waals surface area contributed by atoms with Crippen LogP contribution < -0.4 is 5.32 Å². The molecule has 0 aliphatic rings. The Morgan fingerprint density at radius 3 is 2.61 bits per heavy atom. The minimum atomic E-state index is -0.512. The van der Waals surface area contributed by atoms with Crippen LogP contribution >= 0.6 is 0 Å². The van der Waals surface area contributed by atoms with E-state index >= 15 is 0 Å². The molecule has 0 spiro atoms. The first-order valence-corrected chi connectivity index (χ1v) is 6.11. The predicted octanol–water partition coefficient (Wildman–Crippen LogP) is 2.21. The first kappa shape index (κ1) is 12.7. The van der Waals surface area contributed by atoms with Crippen molar-refractivity contribution in [3.63, 3.8) is 0 Å². The van der Waals surface area contributed by atoms with E-state index in [-0.39, 0.29) is 0 Å². The standard InChI is InChI=1S/C15H18N2O/c1-12-7-8-14(10-17-12)15(18)11-16-9-13-5-3-2-4-6-13/h2-8,10,15-16,18H,9,11H2,1H3. The number of benzene rings is 1. The highest BCUT2D eigenvalue weighted by Crippen LogP contribution is 2.10. The zero-order valence-electron chi connectivity index (χ0n) is 10.5. The van der Waals surface area contributed by atoms with Crippen LogP contribution in [-0.2, 0) is 6.54 Å². The quantitative estimate of drug-likeness (QED) is 0.845. The van der Waals surface area contributed by atoms with Gasteiger partial charge >= 0.3 is 0 Å². The van der Waals surface area contributed by atoms with E-state index in [0.29, 0.717) is 6.54 Å². The molecule has 18 heavy (non-hydrogen) atoms. The number of hydrogen-bond donors (Lipinski definition) is 2. The van der Waals surface area contributed by atoms with Crippen LogP contribution in [0.1, 0.15) is 22.9 Å². The molecule has 1 aromatic heterocycles. The Kier molecular flexibility index (Phi) is 4.45. The fourth-order valence-electron chi connectivity index (χ4n) is 1.74. The summed E-state index contributed by atoms with van der Waals surface area (Å²) in [6.07, 6.45) is 1.21. The van der Waals surface area contributed by atoms with E-state index in [0.717, 1.165) is 17.8 Å². The van der Waals surface area contributed by atoms with Crippen LogP contribution in [0.15, 0.2) is 48.7 Å². The van der Waals surface area contributed by atoms with Crippen LogP contribution in [0.5, 0.6) is 0 Å². The Morgan fingerprint density at radius 2 is 1.94 bits per heavy atom. The fourth-order valence-corrected chi connectivity index (χ4v) is 1.74. The summed E-state index contributed by atoms with van der Waals surface area (Å²) < 4.78 is 0. The molecular formula is C15H18N2O. The molecule has 0 bridgehead atoms. The molecule has 0 amide bonds. The summed E-state index contributed by atoms with van der Waals surface area (Å²) in [5, 5.41) is 13.2. The van der Waals surface area contributed by atoms with E-state index < -0.39 is 6.10 Å². The molecule has 2 N–H and O–H groups in total. The molecule has 1 aromatic carbocycles. The van der Waals surface area contributed by atoms with Crippen molar-refractivity contribution in [3.8, 4) is 0 Å². The summed E-state index contributed by atoms with van der Waals surface area (Å²) in [6, 6.07) is 14.0. The van der Waals surface area contributed by atoms with Gasteiger partial charge in [-0.05, 0) is 18.6 Å². The Morgan fingerprint density at radius 1 is 1.17 bits per heavy atom. The second-order valence-corrected chi connectivity index (χ2v) is 4.37. The number of rotatable bonds is 5. The smallest absolute Gasteiger partial charge is 0.0929 e. The Hall–Kier alpha value is -1.71. The van der Waals surface area contributed by atoms with Crippen LogP contribution in [-0.4, -0.2) is 16.6 Å². The van der Waals surface area contributed by atoms with Gasteiger partial charge in [-0.1, -0.05) is 36.4 Å². The van der Waals surface area contributed by atoms with Gasteiger partial charge in [0, 0.05) is 30.5 Å². The van der Waals surface area contributed by atoms with Crippen molar-refractivity contribution >= 4 is 0 Å². The van der Waals surface area contributed by atoms with E-state index in [1.165, 1.54) is 5.56 Å². The second kappa shape index (κ2) is 6.28. The van der Waals surface area contributed by atoms with Gasteiger partial charge in [-0.2, -0.15) is 0 Å². The van der Waals surface area contributed by atoms with Gasteiger partial charge in [0.15, 0.2) is 0 Å². The molecule has 3 nitrogen and oxygen atoms in total. The minimum Gasteiger partial charge on any atom is -0.387 e. The maximum Gasteiger partial charge on any atom is 0.0929 e. The highest BCUT2D eigenvalue weighted by Gasteiger charge is 2.06. The van der Waals surface area contributed by atoms with Crippen molar-refractivity contribution in [2.45, 2.75) is 19.6 Å². The number of aromatic nitrogens is 1. The van der Waals surface area contributed by atoms with Gasteiger partial charge in [0.05, 0.1) is 6.10 Å². The molecule has 1 atom stereocenters. The van der Waals surface area contributed by atoms with Gasteiger partial charge in [0.25, 0.3) is 0 Å². The molecule has 0 saturated heterocycles. The van der Waals surface area contributed by atoms with Gasteiger partial charge in [-0.25, -0.2) is 0 Å². The second-order valence-electron chi connectivity index (χ2n) is 4.37. The number of aryl methyl sites for hydroxylation is 1. The van der Waals surface area contributed by atoms with Gasteiger partial charge in [0.2, 0.25) is 0 Å². The van der Waals surface area contributed by atoms with Crippen molar-refractivity contribution in [2.24, 2.45) is 0 Å². The van der Waals surface area contributed by atoms with Crippen molar-refractivity contribution in [1.29, 1.82) is 0 Å². The van der Waals surface area contributed by atoms with Crippen LogP contribution in [0, 0.1) is 6.92 Å². The summed E-state index contributed by atoms with van der Waals surface area (Å²) in [7, 11) is 0. The molecule has 3 heteroatoms. The third-order valence-electron chi connectivity index (χ3n) is 2.83. The Balaban J connectivity index is 1.81. The molecule has 1 unspecified atom stereocenters. The van der Waals surface area contributed by atoms with Crippen molar-refractivity contribution in [2.75, 3.05) is 6.54 Å². The summed E-state index contributed by atoms with van der Waals surface area (Å²) in [6.45, 7) is 3.22. The summed E-state index contributed by atoms with van der Waals surface area (Å²) in [4.78, 5) is 4.18. The lowest BCUT2D eigenvalue weighted by Crippen LogP contribution is -2.21. The van der Waals surface area contributed by atoms with Crippen molar-refractivity contribution in [3.05, 3.63) is 65.5 Å². The van der Waals surface area contributed by atoms with E-state index in [2.05, 4.69) is 22.4 Å². The van der Waals surface area contributed by atoms with Crippen molar-refractivity contribution in [1.82, 2.24) is 10.3 Å². The maximum atomic E-state index is 9.99. The lowest BCUT2D eigenvalue weighted by molar-refractivity contribution is 0.174. The molecular weight excluding hydrogens is 224 g/mol. The number of aliphatic hydroxyl groups is 1. The molecule has 2 aromatic rings. The lowest BCUT2D eigenvalue weighted by Gasteiger charge is -2.12. The van der Waals surface area contributed by atoms with Crippen LogP contribution in [0.2, 0.25) is 0 Å². The molecule has 0 radical (unpaired) electrons. The van der Waals surface area contributed by atoms with Crippen LogP contribution in [0.25, 0.3) is 0 Å². The van der Waals surface area contributed by atoms with Gasteiger partial charge in [0.1, 0.15) is 0 Å². The number of hydrogen-bond acceptors (Lipinski definition) is 3. The SMILES string of the molecule is Cc1ccc(C(O)CNCc2ccccc2)cn1. The molecule has 2 rings (SSSR count). The molecule has 0 saturated carbocycles. The summed E-state index contributed by atoms with van der Waals surface area (Å²) in [5.74, 6) is 0. The van der Waals surface area contributed by atoms with Crippen molar-refractivity contribution < 1.29 is 5.11 Å². The monoisotopic (exact) mass is 242 g/mol. The third kappa shape index (κ3) is 3.65. The van der Waals surface area contributed by atoms with E-state index in [4.69, 9.17) is 0 Å². The number of nitrogens with zero attached hydrogens (tertiary/aromatic N) is 1. The Bertz CT molecular complexity index is 468. The third-order valence-corrected chi connectivity index (χ3v) is 2.83. The highest BCUT2D eigenvalue weighted by atomic mass is 16.3. The van der Waals surface area contributed by atoms with Gasteiger partial charge in [-0.3, -0.25) is 4.98 Å². The zero-order valence-corrected chi connectivity index (χ0v) is 10.5. The average molecular weight is 242 g/mol. The van der Waals surface area contributed by atoms with E-state index in [1.807, 2.05) is 37.3 Å². The van der Waals surface area contributed by atoms with Crippen LogP contribution in [0.3, 0.4) is 0 Å². The maximum absolute atomic E-state index is 9.99. The minimum absolute atomic E-state index is 0.512.